The summed E-state index contributed by atoms with van der Waals surface area (Å²) in [4.78, 5) is 52.6. The van der Waals surface area contributed by atoms with E-state index in [9.17, 15) is 39.7 Å². The van der Waals surface area contributed by atoms with Gasteiger partial charge in [0.25, 0.3) is 5.91 Å². The second-order valence-electron chi connectivity index (χ2n) is 12.5. The van der Waals surface area contributed by atoms with Crippen molar-refractivity contribution in [3.8, 4) is 5.75 Å². The molecule has 0 aliphatic heterocycles. The van der Waals surface area contributed by atoms with Crippen molar-refractivity contribution in [2.75, 3.05) is 32.6 Å². The number of nitrogens with zero attached hydrogens (tertiary/aromatic N) is 3. The molecule has 7 N–H and O–H groups in total. The highest BCUT2D eigenvalue weighted by atomic mass is 16.3. The number of rotatable bonds is 7. The highest BCUT2D eigenvalue weighted by Gasteiger charge is 2.64. The summed E-state index contributed by atoms with van der Waals surface area (Å²) in [7, 11) is 4.75. The van der Waals surface area contributed by atoms with Crippen molar-refractivity contribution in [3.63, 3.8) is 0 Å². The van der Waals surface area contributed by atoms with Crippen LogP contribution in [0.4, 0.5) is 5.69 Å². The Hall–Kier alpha value is -3.97. The van der Waals surface area contributed by atoms with E-state index < -0.39 is 58.0 Å². The molecule has 3 aliphatic carbocycles. The summed E-state index contributed by atoms with van der Waals surface area (Å²) in [6, 6.07) is 0.219. The Kier molecular flexibility index (Phi) is 7.42. The van der Waals surface area contributed by atoms with Crippen LogP contribution in [0.3, 0.4) is 0 Å². The van der Waals surface area contributed by atoms with Crippen molar-refractivity contribution in [1.82, 2.24) is 10.3 Å². The number of anilines is 1. The molecule has 0 saturated heterocycles. The van der Waals surface area contributed by atoms with Crippen LogP contribution in [0.1, 0.15) is 43.9 Å². The number of amides is 1. The molecule has 0 bridgehead atoms. The number of phenols is 1. The van der Waals surface area contributed by atoms with Crippen molar-refractivity contribution in [2.24, 2.45) is 28.3 Å². The molecule has 4 atom stereocenters. The standard InChI is InChI=1S/C28H37N5O8/c1-27(2,3)11-30-10-13-9-16(32(4)5)14-7-12-8-15-20(33(6)31-41)23(36)19(26(29)39)25(38)28(15,40)24(37)17(12)22(35)18(14)21(13)34/h9,12,15,20,30,34-35,38,40H,7-8,10-11H2,1-6H3,(H2,29,39)/t12-,15-,20-,28-/m0/s1. The minimum atomic E-state index is -2.86. The molecule has 41 heavy (non-hydrogen) atoms. The first kappa shape index (κ1) is 30.0. The number of fused-ring (bicyclic) bond motifs is 3. The number of phenolic OH excluding ortho intramolecular Hbond substituents is 1. The predicted octanol–water partition coefficient (Wildman–Crippen LogP) is 1.22. The lowest BCUT2D eigenvalue weighted by Gasteiger charge is -2.49. The molecule has 1 amide bonds. The minimum Gasteiger partial charge on any atom is -0.508 e. The van der Waals surface area contributed by atoms with Crippen LogP contribution in [0, 0.1) is 22.2 Å². The molecule has 0 unspecified atom stereocenters. The molecule has 1 saturated carbocycles. The van der Waals surface area contributed by atoms with E-state index in [4.69, 9.17) is 5.73 Å². The number of nitrogens with one attached hydrogen (secondary N) is 1. The number of primary amides is 1. The highest BCUT2D eigenvalue weighted by Crippen LogP contribution is 2.54. The monoisotopic (exact) mass is 571 g/mol. The molecule has 1 aromatic carbocycles. The molecule has 13 heteroatoms. The summed E-state index contributed by atoms with van der Waals surface area (Å²) in [5.74, 6) is -7.81. The van der Waals surface area contributed by atoms with Gasteiger partial charge in [0.2, 0.25) is 5.78 Å². The number of likely N-dealkylation sites (N-methyl/N-ethyl adjacent to an activating group) is 1. The number of carbonyl (C=O) groups excluding carboxylic acids is 3. The number of Topliss-reactive ketones (excluding diaryl/α,β-unsaturated/α-hetero) is 2. The van der Waals surface area contributed by atoms with Crippen molar-refractivity contribution in [3.05, 3.63) is 44.6 Å². The van der Waals surface area contributed by atoms with Crippen LogP contribution in [0.2, 0.25) is 0 Å². The van der Waals surface area contributed by atoms with E-state index in [-0.39, 0.29) is 41.7 Å². The van der Waals surface area contributed by atoms with Crippen molar-refractivity contribution < 1.29 is 34.8 Å². The lowest BCUT2D eigenvalue weighted by atomic mass is 9.57. The maximum atomic E-state index is 14.0. The number of hydrogen-bond donors (Lipinski definition) is 6. The fourth-order valence-electron chi connectivity index (χ4n) is 6.34. The molecule has 1 aromatic rings. The molecule has 0 radical (unpaired) electrons. The van der Waals surface area contributed by atoms with E-state index in [0.29, 0.717) is 28.4 Å². The normalized spacial score (nSPS) is 25.9. The maximum absolute atomic E-state index is 14.0. The first-order valence-corrected chi connectivity index (χ1v) is 13.3. The fourth-order valence-corrected chi connectivity index (χ4v) is 6.34. The molecule has 0 spiro atoms. The highest BCUT2D eigenvalue weighted by molar-refractivity contribution is 6.24. The van der Waals surface area contributed by atoms with Crippen LogP contribution in [0.5, 0.6) is 5.75 Å². The topological polar surface area (TPSA) is 206 Å². The van der Waals surface area contributed by atoms with Gasteiger partial charge in [0, 0.05) is 57.0 Å². The van der Waals surface area contributed by atoms with Gasteiger partial charge in [-0.25, -0.2) is 0 Å². The number of aromatic hydroxyl groups is 1. The van der Waals surface area contributed by atoms with Gasteiger partial charge in [-0.05, 0) is 35.8 Å². The maximum Gasteiger partial charge on any atom is 0.255 e. The predicted molar refractivity (Wildman–Crippen MR) is 150 cm³/mol. The van der Waals surface area contributed by atoms with Crippen LogP contribution < -0.4 is 16.0 Å². The van der Waals surface area contributed by atoms with Gasteiger partial charge in [0.1, 0.15) is 28.9 Å². The van der Waals surface area contributed by atoms with Gasteiger partial charge in [-0.1, -0.05) is 20.8 Å². The molecular weight excluding hydrogens is 534 g/mol. The van der Waals surface area contributed by atoms with Crippen LogP contribution >= 0.6 is 0 Å². The molecule has 0 aromatic heterocycles. The van der Waals surface area contributed by atoms with E-state index in [1.165, 1.54) is 0 Å². The summed E-state index contributed by atoms with van der Waals surface area (Å²) >= 11 is 0. The van der Waals surface area contributed by atoms with Gasteiger partial charge in [-0.15, -0.1) is 4.91 Å². The SMILES string of the molecule is CN(C)c1cc(CNCC(C)(C)C)c(O)c2c1C[C@H]1C[C@H]3[C@H](N(C)N=O)C(=O)C(C(N)=O)=C(O)[C@@]3(O)C(=O)C1=C2O. The summed E-state index contributed by atoms with van der Waals surface area (Å²) < 4.78 is 0. The Balaban J connectivity index is 1.92. The second-order valence-corrected chi connectivity index (χ2v) is 12.5. The summed E-state index contributed by atoms with van der Waals surface area (Å²) in [5, 5.41) is 52.3. The zero-order valence-electron chi connectivity index (χ0n) is 24.0. The van der Waals surface area contributed by atoms with Gasteiger partial charge >= 0.3 is 0 Å². The zero-order chi connectivity index (χ0) is 30.8. The van der Waals surface area contributed by atoms with Gasteiger partial charge in [0.05, 0.1) is 10.8 Å². The molecule has 0 heterocycles. The number of benzene rings is 1. The number of aliphatic hydroxyl groups excluding tert-OH is 2. The Morgan fingerprint density at radius 1 is 1.20 bits per heavy atom. The summed E-state index contributed by atoms with van der Waals surface area (Å²) in [6.07, 6.45) is -0.00786. The average molecular weight is 572 g/mol. The van der Waals surface area contributed by atoms with Crippen LogP contribution in [0.15, 0.2) is 28.3 Å². The number of ketones is 2. The number of aliphatic hydroxyl groups is 3. The van der Waals surface area contributed by atoms with Gasteiger partial charge in [-0.2, -0.15) is 0 Å². The Morgan fingerprint density at radius 3 is 2.37 bits per heavy atom. The van der Waals surface area contributed by atoms with Crippen molar-refractivity contribution >= 4 is 28.9 Å². The van der Waals surface area contributed by atoms with Gasteiger partial charge in [-0.3, -0.25) is 19.4 Å². The lowest BCUT2D eigenvalue weighted by Crippen LogP contribution is -2.65. The van der Waals surface area contributed by atoms with Crippen LogP contribution in [-0.2, 0) is 27.3 Å². The second kappa shape index (κ2) is 10.1. The molecule has 1 fully saturated rings. The molecule has 3 aliphatic rings. The Morgan fingerprint density at radius 2 is 1.83 bits per heavy atom. The van der Waals surface area contributed by atoms with Crippen molar-refractivity contribution in [2.45, 2.75) is 51.8 Å². The quantitative estimate of drug-likeness (QED) is 0.156. The van der Waals surface area contributed by atoms with Gasteiger partial charge < -0.3 is 36.4 Å². The zero-order valence-corrected chi connectivity index (χ0v) is 24.0. The third-order valence-corrected chi connectivity index (χ3v) is 8.20. The largest absolute Gasteiger partial charge is 0.508 e. The molecule has 4 rings (SSSR count). The molecule has 222 valence electrons. The number of hydrogen-bond acceptors (Lipinski definition) is 11. The van der Waals surface area contributed by atoms with E-state index in [1.54, 1.807) is 20.2 Å². The third kappa shape index (κ3) is 4.62. The molecular formula is C28H37N5O8. The fraction of sp³-hybridized carbons (Fsp3) is 0.536. The number of nitrogens with two attached hydrogens (primary N) is 1. The lowest BCUT2D eigenvalue weighted by molar-refractivity contribution is -0.154. The molecule has 13 nitrogen and oxygen atoms in total. The van der Waals surface area contributed by atoms with Crippen LogP contribution in [-0.4, -0.2) is 82.2 Å². The Bertz CT molecular complexity index is 1410. The van der Waals surface area contributed by atoms with E-state index in [2.05, 4.69) is 31.4 Å². The smallest absolute Gasteiger partial charge is 0.255 e. The summed E-state index contributed by atoms with van der Waals surface area (Å²) in [6.45, 7) is 7.08. The van der Waals surface area contributed by atoms with E-state index in [0.717, 1.165) is 7.05 Å². The van der Waals surface area contributed by atoms with Gasteiger partial charge in [0.15, 0.2) is 11.4 Å². The van der Waals surface area contributed by atoms with Crippen molar-refractivity contribution in [1.29, 1.82) is 0 Å². The average Bonchev–Trinajstić information content (AvgIpc) is 2.86. The Labute approximate surface area is 237 Å². The minimum absolute atomic E-state index is 0.0270. The number of carbonyl (C=O) groups is 3. The number of nitroso groups, excluding NO2 is 1. The third-order valence-electron chi connectivity index (χ3n) is 8.20. The van der Waals surface area contributed by atoms with E-state index >= 15 is 0 Å². The summed E-state index contributed by atoms with van der Waals surface area (Å²) in [5.41, 5.74) is 2.89. The van der Waals surface area contributed by atoms with E-state index in [1.807, 2.05) is 4.90 Å². The van der Waals surface area contributed by atoms with Crippen LogP contribution in [0.25, 0.3) is 5.76 Å². The first-order valence-electron chi connectivity index (χ1n) is 13.3. The first-order chi connectivity index (χ1) is 19.0.